The number of carbonyl (C=O) groups is 1. The second kappa shape index (κ2) is 8.13. The van der Waals surface area contributed by atoms with E-state index in [9.17, 15) is 9.18 Å². The molecule has 3 aromatic rings. The Bertz CT molecular complexity index is 1010. The minimum absolute atomic E-state index is 0.0286. The molecule has 2 unspecified atom stereocenters. The van der Waals surface area contributed by atoms with Crippen molar-refractivity contribution in [2.24, 2.45) is 5.92 Å². The molecule has 4 rings (SSSR count). The van der Waals surface area contributed by atoms with E-state index in [-0.39, 0.29) is 23.6 Å². The Morgan fingerprint density at radius 1 is 1.24 bits per heavy atom. The summed E-state index contributed by atoms with van der Waals surface area (Å²) in [6.07, 6.45) is 0. The number of H-pyrrole nitrogens is 1. The van der Waals surface area contributed by atoms with Crippen LogP contribution < -0.4 is 0 Å². The molecule has 150 valence electrons. The quantitative estimate of drug-likeness (QED) is 0.720. The van der Waals surface area contributed by atoms with Crippen LogP contribution in [0.1, 0.15) is 27.7 Å². The summed E-state index contributed by atoms with van der Waals surface area (Å²) in [4.78, 5) is 19.3. The lowest BCUT2D eigenvalue weighted by Gasteiger charge is -2.16. The molecule has 1 aliphatic heterocycles. The van der Waals surface area contributed by atoms with Gasteiger partial charge in [0.15, 0.2) is 5.82 Å². The Morgan fingerprint density at radius 3 is 2.76 bits per heavy atom. The number of carbonyl (C=O) groups excluding carboxylic acids is 1. The highest BCUT2D eigenvalue weighted by atomic mass is 19.1. The predicted octanol–water partition coefficient (Wildman–Crippen LogP) is 3.42. The Hall–Kier alpha value is -3.06. The van der Waals surface area contributed by atoms with Gasteiger partial charge in [-0.1, -0.05) is 36.4 Å². The van der Waals surface area contributed by atoms with Crippen molar-refractivity contribution in [1.82, 2.24) is 20.1 Å². The lowest BCUT2D eigenvalue weighted by molar-refractivity contribution is 0.0775. The minimum atomic E-state index is -0.372. The Morgan fingerprint density at radius 2 is 2.03 bits per heavy atom. The number of methoxy groups -OCH3 is 1. The van der Waals surface area contributed by atoms with Gasteiger partial charge in [-0.25, -0.2) is 9.37 Å². The van der Waals surface area contributed by atoms with Gasteiger partial charge < -0.3 is 9.64 Å². The number of nitrogens with zero attached hydrogens (tertiary/aromatic N) is 3. The highest BCUT2D eigenvalue weighted by molar-refractivity contribution is 5.94. The van der Waals surface area contributed by atoms with Crippen molar-refractivity contribution in [2.75, 3.05) is 26.8 Å². The summed E-state index contributed by atoms with van der Waals surface area (Å²) >= 11 is 0. The van der Waals surface area contributed by atoms with Crippen LogP contribution in [0.5, 0.6) is 0 Å². The third-order valence-electron chi connectivity index (χ3n) is 5.41. The second-order valence-corrected chi connectivity index (χ2v) is 7.41. The van der Waals surface area contributed by atoms with Crippen LogP contribution in [0.3, 0.4) is 0 Å². The molecule has 0 bridgehead atoms. The lowest BCUT2D eigenvalue weighted by Crippen LogP contribution is -2.29. The SMILES string of the molecule is COCC1CN(C(=O)c2ccc(C)c(F)c2)CC1c1nc(-c2ccccc2)n[nH]1. The van der Waals surface area contributed by atoms with Gasteiger partial charge in [-0.3, -0.25) is 9.89 Å². The van der Waals surface area contributed by atoms with Crippen molar-refractivity contribution >= 4 is 5.91 Å². The zero-order valence-electron chi connectivity index (χ0n) is 16.4. The lowest BCUT2D eigenvalue weighted by atomic mass is 9.96. The summed E-state index contributed by atoms with van der Waals surface area (Å²) in [5.41, 5.74) is 1.81. The van der Waals surface area contributed by atoms with Gasteiger partial charge in [-0.15, -0.1) is 0 Å². The van der Waals surface area contributed by atoms with Crippen LogP contribution in [0, 0.1) is 18.7 Å². The maximum Gasteiger partial charge on any atom is 0.253 e. The first kappa shape index (κ1) is 19.3. The van der Waals surface area contributed by atoms with Crippen LogP contribution in [-0.4, -0.2) is 52.8 Å². The van der Waals surface area contributed by atoms with Crippen LogP contribution in [0.25, 0.3) is 11.4 Å². The summed E-state index contributed by atoms with van der Waals surface area (Å²) in [6, 6.07) is 14.3. The Labute approximate surface area is 168 Å². The molecule has 0 radical (unpaired) electrons. The second-order valence-electron chi connectivity index (χ2n) is 7.41. The smallest absolute Gasteiger partial charge is 0.253 e. The van der Waals surface area contributed by atoms with Crippen molar-refractivity contribution < 1.29 is 13.9 Å². The third kappa shape index (κ3) is 3.91. The van der Waals surface area contributed by atoms with E-state index in [4.69, 9.17) is 4.74 Å². The zero-order chi connectivity index (χ0) is 20.4. The molecular formula is C22H23FN4O2. The number of halogens is 1. The van der Waals surface area contributed by atoms with Gasteiger partial charge in [0.1, 0.15) is 11.6 Å². The minimum Gasteiger partial charge on any atom is -0.384 e. The molecular weight excluding hydrogens is 371 g/mol. The van der Waals surface area contributed by atoms with Gasteiger partial charge in [0.2, 0.25) is 0 Å². The number of hydrogen-bond acceptors (Lipinski definition) is 4. The molecule has 1 N–H and O–H groups in total. The molecule has 1 aliphatic rings. The normalized spacial score (nSPS) is 18.9. The van der Waals surface area contributed by atoms with E-state index in [2.05, 4.69) is 15.2 Å². The fraction of sp³-hybridized carbons (Fsp3) is 0.318. The molecule has 2 aromatic carbocycles. The zero-order valence-corrected chi connectivity index (χ0v) is 16.4. The average molecular weight is 394 g/mol. The van der Waals surface area contributed by atoms with Crippen molar-refractivity contribution in [2.45, 2.75) is 12.8 Å². The molecule has 29 heavy (non-hydrogen) atoms. The first-order chi connectivity index (χ1) is 14.1. The number of aromatic amines is 1. The monoisotopic (exact) mass is 394 g/mol. The van der Waals surface area contributed by atoms with E-state index < -0.39 is 0 Å². The molecule has 0 spiro atoms. The van der Waals surface area contributed by atoms with Gasteiger partial charge in [-0.2, -0.15) is 5.10 Å². The summed E-state index contributed by atoms with van der Waals surface area (Å²) < 4.78 is 19.3. The van der Waals surface area contributed by atoms with Crippen molar-refractivity contribution in [3.8, 4) is 11.4 Å². The van der Waals surface area contributed by atoms with E-state index in [1.54, 1.807) is 31.1 Å². The summed E-state index contributed by atoms with van der Waals surface area (Å²) in [5, 5.41) is 7.38. The summed E-state index contributed by atoms with van der Waals surface area (Å²) in [5.74, 6) is 0.853. The van der Waals surface area contributed by atoms with Gasteiger partial charge >= 0.3 is 0 Å². The molecule has 0 saturated carbocycles. The molecule has 1 aromatic heterocycles. The Balaban J connectivity index is 1.56. The number of benzene rings is 2. The van der Waals surface area contributed by atoms with Crippen LogP contribution in [-0.2, 0) is 4.74 Å². The number of amides is 1. The molecule has 7 heteroatoms. The number of aromatic nitrogens is 3. The first-order valence-corrected chi connectivity index (χ1v) is 9.59. The molecule has 2 heterocycles. The molecule has 1 fully saturated rings. The topological polar surface area (TPSA) is 71.1 Å². The van der Waals surface area contributed by atoms with E-state index in [1.165, 1.54) is 6.07 Å². The first-order valence-electron chi connectivity index (χ1n) is 9.59. The van der Waals surface area contributed by atoms with E-state index in [0.717, 1.165) is 11.4 Å². The maximum atomic E-state index is 13.9. The number of aryl methyl sites for hydroxylation is 1. The van der Waals surface area contributed by atoms with Crippen molar-refractivity contribution in [1.29, 1.82) is 0 Å². The number of nitrogens with one attached hydrogen (secondary N) is 1. The molecule has 1 saturated heterocycles. The van der Waals surface area contributed by atoms with E-state index in [1.807, 2.05) is 30.3 Å². The van der Waals surface area contributed by atoms with Gasteiger partial charge in [0, 0.05) is 43.2 Å². The van der Waals surface area contributed by atoms with Crippen molar-refractivity contribution in [3.63, 3.8) is 0 Å². The average Bonchev–Trinajstić information content (AvgIpc) is 3.38. The third-order valence-corrected chi connectivity index (χ3v) is 5.41. The maximum absolute atomic E-state index is 13.9. The molecule has 0 aliphatic carbocycles. The number of likely N-dealkylation sites (tertiary alicyclic amines) is 1. The van der Waals surface area contributed by atoms with Crippen LogP contribution in [0.15, 0.2) is 48.5 Å². The van der Waals surface area contributed by atoms with Gasteiger partial charge in [-0.05, 0) is 24.6 Å². The molecule has 6 nitrogen and oxygen atoms in total. The predicted molar refractivity (Wildman–Crippen MR) is 107 cm³/mol. The van der Waals surface area contributed by atoms with E-state index >= 15 is 0 Å². The number of hydrogen-bond donors (Lipinski definition) is 1. The Kier molecular flexibility index (Phi) is 5.40. The van der Waals surface area contributed by atoms with E-state index in [0.29, 0.717) is 36.6 Å². The highest BCUT2D eigenvalue weighted by Crippen LogP contribution is 2.33. The molecule has 2 atom stereocenters. The fourth-order valence-corrected chi connectivity index (χ4v) is 3.79. The van der Waals surface area contributed by atoms with Crippen LogP contribution >= 0.6 is 0 Å². The summed E-state index contributed by atoms with van der Waals surface area (Å²) in [7, 11) is 1.65. The molecule has 1 amide bonds. The van der Waals surface area contributed by atoms with Crippen LogP contribution in [0.2, 0.25) is 0 Å². The number of ether oxygens (including phenoxy) is 1. The van der Waals surface area contributed by atoms with Gasteiger partial charge in [0.05, 0.1) is 6.61 Å². The van der Waals surface area contributed by atoms with Crippen LogP contribution in [0.4, 0.5) is 4.39 Å². The fourth-order valence-electron chi connectivity index (χ4n) is 3.79. The highest BCUT2D eigenvalue weighted by Gasteiger charge is 2.38. The van der Waals surface area contributed by atoms with Gasteiger partial charge in [0.25, 0.3) is 5.91 Å². The summed E-state index contributed by atoms with van der Waals surface area (Å²) in [6.45, 7) is 3.18. The largest absolute Gasteiger partial charge is 0.384 e. The van der Waals surface area contributed by atoms with Crippen molar-refractivity contribution in [3.05, 3.63) is 71.3 Å². The number of rotatable bonds is 5. The standard InChI is InChI=1S/C22H23FN4O2/c1-14-8-9-16(10-19(14)23)22(28)27-11-17(13-29-2)18(12-27)21-24-20(25-26-21)15-6-4-3-5-7-15/h3-10,17-18H,11-13H2,1-2H3,(H,24,25,26).